The maximum atomic E-state index is 12.4. The van der Waals surface area contributed by atoms with Crippen molar-refractivity contribution in [1.82, 2.24) is 9.88 Å². The zero-order valence-corrected chi connectivity index (χ0v) is 11.9. The zero-order valence-electron chi connectivity index (χ0n) is 11.1. The highest BCUT2D eigenvalue weighted by Gasteiger charge is 2.15. The molecule has 2 rings (SSSR count). The highest BCUT2D eigenvalue weighted by Crippen LogP contribution is 2.17. The topological polar surface area (TPSA) is 33.2 Å². The average molecular weight is 277 g/mol. The minimum Gasteiger partial charge on any atom is -0.342 e. The second-order valence-corrected chi connectivity index (χ2v) is 5.42. The Kier molecular flexibility index (Phi) is 4.38. The number of fused-ring (bicyclic) bond motifs is 1. The number of benzene rings is 1. The smallest absolute Gasteiger partial charge is 0.254 e. The molecule has 2 aromatic rings. The molecule has 0 aliphatic heterocycles. The van der Waals surface area contributed by atoms with Gasteiger partial charge in [-0.25, -0.2) is 0 Å². The van der Waals surface area contributed by atoms with E-state index in [-0.39, 0.29) is 11.3 Å². The lowest BCUT2D eigenvalue weighted by Crippen LogP contribution is -2.29. The molecule has 0 aliphatic rings. The average Bonchev–Trinajstić information content (AvgIpc) is 2.43. The Morgan fingerprint density at radius 2 is 2.11 bits per heavy atom. The molecule has 0 aliphatic carbocycles. The summed E-state index contributed by atoms with van der Waals surface area (Å²) in [5.74, 6) is 0.0101. The number of hydrogen-bond donors (Lipinski definition) is 0. The van der Waals surface area contributed by atoms with Crippen molar-refractivity contribution in [3.63, 3.8) is 0 Å². The van der Waals surface area contributed by atoms with Crippen molar-refractivity contribution in [3.05, 3.63) is 42.1 Å². The Labute approximate surface area is 118 Å². The number of amides is 1. The fourth-order valence-electron chi connectivity index (χ4n) is 1.96. The second-order valence-electron chi connectivity index (χ2n) is 4.67. The number of pyridine rings is 1. The number of carbonyl (C=O) groups is 1. The van der Waals surface area contributed by atoms with Gasteiger partial charge in [0.2, 0.25) is 0 Å². The minimum atomic E-state index is 0.0101. The molecule has 0 spiro atoms. The van der Waals surface area contributed by atoms with Gasteiger partial charge in [-0.1, -0.05) is 18.2 Å². The SMILES string of the molecule is CC(Cl)CCN(C)C(=O)c1ccnc2ccccc12. The van der Waals surface area contributed by atoms with E-state index in [9.17, 15) is 4.79 Å². The summed E-state index contributed by atoms with van der Waals surface area (Å²) in [7, 11) is 1.80. The molecule has 0 fully saturated rings. The van der Waals surface area contributed by atoms with Gasteiger partial charge >= 0.3 is 0 Å². The van der Waals surface area contributed by atoms with Gasteiger partial charge in [-0.15, -0.1) is 11.6 Å². The van der Waals surface area contributed by atoms with Crippen molar-refractivity contribution in [2.45, 2.75) is 18.7 Å². The number of rotatable bonds is 4. The Bertz CT molecular complexity index is 578. The minimum absolute atomic E-state index is 0.0101. The van der Waals surface area contributed by atoms with Crippen LogP contribution in [-0.4, -0.2) is 34.8 Å². The molecule has 1 aromatic heterocycles. The molecule has 0 radical (unpaired) electrons. The molecule has 1 aromatic carbocycles. The molecular weight excluding hydrogens is 260 g/mol. The van der Waals surface area contributed by atoms with Crippen molar-refractivity contribution >= 4 is 28.4 Å². The van der Waals surface area contributed by atoms with Gasteiger partial charge in [-0.2, -0.15) is 0 Å². The van der Waals surface area contributed by atoms with Gasteiger partial charge in [-0.05, 0) is 25.5 Å². The zero-order chi connectivity index (χ0) is 13.8. The van der Waals surface area contributed by atoms with Crippen molar-refractivity contribution < 1.29 is 4.79 Å². The van der Waals surface area contributed by atoms with Crippen LogP contribution in [0.15, 0.2) is 36.5 Å². The van der Waals surface area contributed by atoms with E-state index in [1.165, 1.54) is 0 Å². The number of alkyl halides is 1. The molecule has 1 atom stereocenters. The van der Waals surface area contributed by atoms with Gasteiger partial charge in [0, 0.05) is 30.6 Å². The molecule has 19 heavy (non-hydrogen) atoms. The maximum absolute atomic E-state index is 12.4. The maximum Gasteiger partial charge on any atom is 0.254 e. The Morgan fingerprint density at radius 1 is 1.37 bits per heavy atom. The van der Waals surface area contributed by atoms with Crippen LogP contribution in [0.5, 0.6) is 0 Å². The summed E-state index contributed by atoms with van der Waals surface area (Å²) in [6.45, 7) is 2.59. The van der Waals surface area contributed by atoms with E-state index in [1.54, 1.807) is 24.2 Å². The number of aromatic nitrogens is 1. The first-order chi connectivity index (χ1) is 9.09. The van der Waals surface area contributed by atoms with Crippen LogP contribution in [0.1, 0.15) is 23.7 Å². The molecule has 100 valence electrons. The first-order valence-electron chi connectivity index (χ1n) is 6.33. The van der Waals surface area contributed by atoms with Gasteiger partial charge in [-0.3, -0.25) is 9.78 Å². The fourth-order valence-corrected chi connectivity index (χ4v) is 2.06. The predicted molar refractivity (Wildman–Crippen MR) is 78.6 cm³/mol. The van der Waals surface area contributed by atoms with Crippen LogP contribution in [0.3, 0.4) is 0 Å². The summed E-state index contributed by atoms with van der Waals surface area (Å²) < 4.78 is 0. The van der Waals surface area contributed by atoms with E-state index < -0.39 is 0 Å². The van der Waals surface area contributed by atoms with E-state index in [1.807, 2.05) is 31.2 Å². The van der Waals surface area contributed by atoms with Crippen LogP contribution in [0.2, 0.25) is 0 Å². The Hall–Kier alpha value is -1.61. The number of halogens is 1. The van der Waals surface area contributed by atoms with E-state index in [2.05, 4.69) is 4.98 Å². The monoisotopic (exact) mass is 276 g/mol. The third-order valence-electron chi connectivity index (χ3n) is 3.09. The third-order valence-corrected chi connectivity index (χ3v) is 3.31. The summed E-state index contributed by atoms with van der Waals surface area (Å²) in [6.07, 6.45) is 2.46. The molecule has 0 saturated carbocycles. The highest BCUT2D eigenvalue weighted by molar-refractivity contribution is 6.20. The number of carbonyl (C=O) groups excluding carboxylic acids is 1. The lowest BCUT2D eigenvalue weighted by Gasteiger charge is -2.18. The second kappa shape index (κ2) is 6.02. The lowest BCUT2D eigenvalue weighted by atomic mass is 10.1. The van der Waals surface area contributed by atoms with E-state index in [0.717, 1.165) is 17.3 Å². The molecule has 1 heterocycles. The fraction of sp³-hybridized carbons (Fsp3) is 0.333. The molecule has 3 nitrogen and oxygen atoms in total. The first-order valence-corrected chi connectivity index (χ1v) is 6.76. The number of nitrogens with zero attached hydrogens (tertiary/aromatic N) is 2. The van der Waals surface area contributed by atoms with Crippen molar-refractivity contribution in [2.75, 3.05) is 13.6 Å². The van der Waals surface area contributed by atoms with E-state index in [4.69, 9.17) is 11.6 Å². The summed E-state index contributed by atoms with van der Waals surface area (Å²) in [6, 6.07) is 9.44. The molecule has 0 N–H and O–H groups in total. The van der Waals surface area contributed by atoms with E-state index in [0.29, 0.717) is 12.1 Å². The quantitative estimate of drug-likeness (QED) is 0.803. The van der Waals surface area contributed by atoms with Crippen molar-refractivity contribution in [2.24, 2.45) is 0 Å². The van der Waals surface area contributed by atoms with Gasteiger partial charge in [0.15, 0.2) is 0 Å². The van der Waals surface area contributed by atoms with Crippen LogP contribution < -0.4 is 0 Å². The normalized spacial score (nSPS) is 12.4. The number of para-hydroxylation sites is 1. The molecular formula is C15H17ClN2O. The van der Waals surface area contributed by atoms with Gasteiger partial charge in [0.25, 0.3) is 5.91 Å². The van der Waals surface area contributed by atoms with Gasteiger partial charge in [0.05, 0.1) is 11.1 Å². The summed E-state index contributed by atoms with van der Waals surface area (Å²) in [4.78, 5) is 18.4. The first kappa shape index (κ1) is 13.8. The predicted octanol–water partition coefficient (Wildman–Crippen LogP) is 3.32. The van der Waals surface area contributed by atoms with Crippen LogP contribution in [0.25, 0.3) is 10.9 Å². The standard InChI is InChI=1S/C15H17ClN2O/c1-11(16)8-10-18(2)15(19)13-7-9-17-14-6-4-3-5-12(13)14/h3-7,9,11H,8,10H2,1-2H3. The van der Waals surface area contributed by atoms with Crippen molar-refractivity contribution in [3.8, 4) is 0 Å². The molecule has 0 saturated heterocycles. The van der Waals surface area contributed by atoms with Crippen molar-refractivity contribution in [1.29, 1.82) is 0 Å². The summed E-state index contributed by atoms with van der Waals surface area (Å²) in [5.41, 5.74) is 1.53. The summed E-state index contributed by atoms with van der Waals surface area (Å²) >= 11 is 5.92. The van der Waals surface area contributed by atoms with Gasteiger partial charge < -0.3 is 4.90 Å². The van der Waals surface area contributed by atoms with Crippen LogP contribution >= 0.6 is 11.6 Å². The third kappa shape index (κ3) is 3.24. The summed E-state index contributed by atoms with van der Waals surface area (Å²) in [5, 5.41) is 0.963. The molecule has 0 bridgehead atoms. The lowest BCUT2D eigenvalue weighted by molar-refractivity contribution is 0.0795. The number of hydrogen-bond acceptors (Lipinski definition) is 2. The molecule has 4 heteroatoms. The van der Waals surface area contributed by atoms with Crippen LogP contribution in [0, 0.1) is 0 Å². The Morgan fingerprint density at radius 3 is 2.84 bits per heavy atom. The van der Waals surface area contributed by atoms with Crippen LogP contribution in [0.4, 0.5) is 0 Å². The van der Waals surface area contributed by atoms with Gasteiger partial charge in [0.1, 0.15) is 0 Å². The largest absolute Gasteiger partial charge is 0.342 e. The molecule has 1 amide bonds. The van der Waals surface area contributed by atoms with Crippen LogP contribution in [-0.2, 0) is 0 Å². The highest BCUT2D eigenvalue weighted by atomic mass is 35.5. The van der Waals surface area contributed by atoms with E-state index >= 15 is 0 Å². The molecule has 1 unspecified atom stereocenters. The Balaban J connectivity index is 2.26.